The van der Waals surface area contributed by atoms with Gasteiger partial charge in [0.2, 0.25) is 17.7 Å². The van der Waals surface area contributed by atoms with Crippen molar-refractivity contribution in [3.05, 3.63) is 35.2 Å². The van der Waals surface area contributed by atoms with Crippen LogP contribution in [0.5, 0.6) is 0 Å². The Morgan fingerprint density at radius 2 is 2.05 bits per heavy atom. The summed E-state index contributed by atoms with van der Waals surface area (Å²) >= 11 is 5.83. The number of nitrogens with zero attached hydrogens (tertiary/aromatic N) is 3. The Morgan fingerprint density at radius 3 is 2.68 bits per heavy atom. The summed E-state index contributed by atoms with van der Waals surface area (Å²) < 4.78 is 5.55. The van der Waals surface area contributed by atoms with Crippen LogP contribution in [0.25, 0.3) is 11.5 Å². The number of benzene rings is 1. The van der Waals surface area contributed by atoms with Gasteiger partial charge < -0.3 is 14.4 Å². The number of carbonyl (C=O) groups is 1. The van der Waals surface area contributed by atoms with Gasteiger partial charge in [-0.1, -0.05) is 11.6 Å². The van der Waals surface area contributed by atoms with Gasteiger partial charge in [-0.3, -0.25) is 4.79 Å². The Morgan fingerprint density at radius 1 is 1.32 bits per heavy atom. The number of amides is 1. The van der Waals surface area contributed by atoms with E-state index in [9.17, 15) is 4.79 Å². The van der Waals surface area contributed by atoms with Gasteiger partial charge in [0.1, 0.15) is 0 Å². The van der Waals surface area contributed by atoms with Gasteiger partial charge in [0, 0.05) is 36.5 Å². The molecule has 0 saturated heterocycles. The van der Waals surface area contributed by atoms with Gasteiger partial charge in [-0.05, 0) is 31.2 Å². The molecular weight excluding hydrogens is 306 g/mol. The zero-order chi connectivity index (χ0) is 15.9. The summed E-state index contributed by atoms with van der Waals surface area (Å²) in [6.07, 6.45) is 0.650. The third-order valence-electron chi connectivity index (χ3n) is 3.22. The average molecular weight is 324 g/mol. The molecule has 2 aromatic rings. The van der Waals surface area contributed by atoms with E-state index >= 15 is 0 Å². The van der Waals surface area contributed by atoms with Crippen molar-refractivity contribution in [2.45, 2.75) is 19.8 Å². The van der Waals surface area contributed by atoms with Crippen molar-refractivity contribution in [3.8, 4) is 11.5 Å². The van der Waals surface area contributed by atoms with Crippen LogP contribution in [0.2, 0.25) is 5.02 Å². The first-order valence-corrected chi connectivity index (χ1v) is 7.48. The number of hydrogen-bond acceptors (Lipinski definition) is 5. The third kappa shape index (κ3) is 4.29. The lowest BCUT2D eigenvalue weighted by Gasteiger charge is -2.18. The number of halogens is 1. The third-order valence-corrected chi connectivity index (χ3v) is 3.47. The second kappa shape index (κ2) is 7.91. The van der Waals surface area contributed by atoms with Crippen LogP contribution in [0.4, 0.5) is 0 Å². The molecule has 1 amide bonds. The molecule has 0 fully saturated rings. The minimum atomic E-state index is -0.0408. The largest absolute Gasteiger partial charge is 0.421 e. The molecule has 0 unspecified atom stereocenters. The molecule has 0 radical (unpaired) electrons. The van der Waals surface area contributed by atoms with Crippen molar-refractivity contribution < 1.29 is 14.3 Å². The number of aromatic nitrogens is 2. The fraction of sp³-hybridized carbons (Fsp3) is 0.400. The number of aryl methyl sites for hydroxylation is 1. The number of rotatable bonds is 7. The van der Waals surface area contributed by atoms with Gasteiger partial charge in [0.15, 0.2) is 0 Å². The lowest BCUT2D eigenvalue weighted by Crippen LogP contribution is -2.33. The number of likely N-dealkylation sites (N-methyl/N-ethyl adjacent to an activating group) is 1. The molecule has 0 atom stereocenters. The number of carbonyl (C=O) groups excluding carboxylic acids is 1. The van der Waals surface area contributed by atoms with Gasteiger partial charge in [-0.25, -0.2) is 0 Å². The zero-order valence-electron chi connectivity index (χ0n) is 12.3. The first kappa shape index (κ1) is 16.5. The molecule has 22 heavy (non-hydrogen) atoms. The van der Waals surface area contributed by atoms with Crippen LogP contribution in [0.3, 0.4) is 0 Å². The Bertz CT molecular complexity index is 613. The second-order valence-electron chi connectivity index (χ2n) is 4.70. The van der Waals surface area contributed by atoms with Crippen molar-refractivity contribution in [1.82, 2.24) is 15.1 Å². The molecule has 1 heterocycles. The summed E-state index contributed by atoms with van der Waals surface area (Å²) in [5, 5.41) is 17.5. The minimum absolute atomic E-state index is 0.0391. The molecular formula is C15H18ClN3O3. The molecule has 0 spiro atoms. The van der Waals surface area contributed by atoms with Gasteiger partial charge in [-0.15, -0.1) is 10.2 Å². The van der Waals surface area contributed by atoms with E-state index in [1.54, 1.807) is 29.2 Å². The molecule has 6 nitrogen and oxygen atoms in total. The molecule has 1 aromatic carbocycles. The summed E-state index contributed by atoms with van der Waals surface area (Å²) in [5.74, 6) is 0.781. The van der Waals surface area contributed by atoms with Crippen LogP contribution in [0.1, 0.15) is 19.2 Å². The molecule has 1 aromatic heterocycles. The molecule has 0 aliphatic carbocycles. The fourth-order valence-corrected chi connectivity index (χ4v) is 2.14. The van der Waals surface area contributed by atoms with Crippen LogP contribution in [0.15, 0.2) is 28.7 Å². The Hall–Kier alpha value is -1.92. The molecule has 0 bridgehead atoms. The van der Waals surface area contributed by atoms with Crippen LogP contribution in [-0.2, 0) is 11.2 Å². The molecule has 0 saturated carbocycles. The lowest BCUT2D eigenvalue weighted by atomic mass is 10.2. The average Bonchev–Trinajstić information content (AvgIpc) is 3.00. The van der Waals surface area contributed by atoms with E-state index in [1.807, 2.05) is 6.92 Å². The summed E-state index contributed by atoms with van der Waals surface area (Å²) in [4.78, 5) is 13.6. The van der Waals surface area contributed by atoms with E-state index in [-0.39, 0.29) is 18.9 Å². The molecule has 0 aliphatic heterocycles. The normalized spacial score (nSPS) is 10.7. The first-order chi connectivity index (χ1) is 10.6. The highest BCUT2D eigenvalue weighted by Gasteiger charge is 2.14. The van der Waals surface area contributed by atoms with E-state index in [0.717, 1.165) is 5.56 Å². The maximum atomic E-state index is 12.0. The van der Waals surface area contributed by atoms with E-state index in [0.29, 0.717) is 36.3 Å². The van der Waals surface area contributed by atoms with Crippen molar-refractivity contribution in [3.63, 3.8) is 0 Å². The number of aliphatic hydroxyl groups excluding tert-OH is 1. The zero-order valence-corrected chi connectivity index (χ0v) is 13.1. The minimum Gasteiger partial charge on any atom is -0.421 e. The van der Waals surface area contributed by atoms with Crippen molar-refractivity contribution in [2.75, 3.05) is 19.7 Å². The maximum absolute atomic E-state index is 12.0. The van der Waals surface area contributed by atoms with Crippen molar-refractivity contribution in [2.24, 2.45) is 0 Å². The fourth-order valence-electron chi connectivity index (χ4n) is 2.02. The molecule has 118 valence electrons. The molecule has 0 aliphatic rings. The smallest absolute Gasteiger partial charge is 0.247 e. The number of aliphatic hydroxyl groups is 1. The van der Waals surface area contributed by atoms with Crippen LogP contribution < -0.4 is 0 Å². The Kier molecular flexibility index (Phi) is 5.91. The highest BCUT2D eigenvalue weighted by atomic mass is 35.5. The van der Waals surface area contributed by atoms with Crippen LogP contribution in [0, 0.1) is 0 Å². The lowest BCUT2D eigenvalue weighted by molar-refractivity contribution is -0.131. The van der Waals surface area contributed by atoms with Gasteiger partial charge in [0.25, 0.3) is 0 Å². The van der Waals surface area contributed by atoms with Crippen LogP contribution >= 0.6 is 11.6 Å². The number of hydrogen-bond donors (Lipinski definition) is 1. The van der Waals surface area contributed by atoms with E-state index in [2.05, 4.69) is 10.2 Å². The standard InChI is InChI=1S/C15H18ClN3O3/c1-2-19(9-10-20)14(21)8-7-13-17-18-15(22-13)11-3-5-12(16)6-4-11/h3-6,20H,2,7-10H2,1H3. The van der Waals surface area contributed by atoms with E-state index in [1.165, 1.54) is 0 Å². The van der Waals surface area contributed by atoms with Crippen molar-refractivity contribution in [1.29, 1.82) is 0 Å². The Balaban J connectivity index is 1.95. The second-order valence-corrected chi connectivity index (χ2v) is 5.14. The molecule has 2 rings (SSSR count). The van der Waals surface area contributed by atoms with Crippen molar-refractivity contribution >= 4 is 17.5 Å². The first-order valence-electron chi connectivity index (χ1n) is 7.11. The van der Waals surface area contributed by atoms with Crippen LogP contribution in [-0.4, -0.2) is 45.8 Å². The summed E-state index contributed by atoms with van der Waals surface area (Å²) in [7, 11) is 0. The van der Waals surface area contributed by atoms with E-state index in [4.69, 9.17) is 21.1 Å². The maximum Gasteiger partial charge on any atom is 0.247 e. The Labute approximate surface area is 133 Å². The monoisotopic (exact) mass is 323 g/mol. The predicted octanol–water partition coefficient (Wildman–Crippen LogP) is 2.16. The summed E-state index contributed by atoms with van der Waals surface area (Å²) in [6, 6.07) is 7.09. The summed E-state index contributed by atoms with van der Waals surface area (Å²) in [5.41, 5.74) is 0.782. The van der Waals surface area contributed by atoms with Gasteiger partial charge >= 0.3 is 0 Å². The topological polar surface area (TPSA) is 79.5 Å². The van der Waals surface area contributed by atoms with Gasteiger partial charge in [-0.2, -0.15) is 0 Å². The highest BCUT2D eigenvalue weighted by Crippen LogP contribution is 2.20. The van der Waals surface area contributed by atoms with Gasteiger partial charge in [0.05, 0.1) is 6.61 Å². The quantitative estimate of drug-likeness (QED) is 0.844. The molecule has 7 heteroatoms. The molecule has 1 N–H and O–H groups in total. The SMILES string of the molecule is CCN(CCO)C(=O)CCc1nnc(-c2ccc(Cl)cc2)o1. The highest BCUT2D eigenvalue weighted by molar-refractivity contribution is 6.30. The van der Waals surface area contributed by atoms with E-state index < -0.39 is 0 Å². The predicted molar refractivity (Wildman–Crippen MR) is 82.4 cm³/mol. The summed E-state index contributed by atoms with van der Waals surface area (Å²) in [6.45, 7) is 2.74.